The number of methoxy groups -OCH3 is 1. The molecule has 0 unspecified atom stereocenters. The average molecular weight is 424 g/mol. The van der Waals surface area contributed by atoms with Crippen LogP contribution in [0.1, 0.15) is 56.3 Å². The van der Waals surface area contributed by atoms with Crippen LogP contribution in [0.5, 0.6) is 0 Å². The number of carbonyl (C=O) groups is 3. The van der Waals surface area contributed by atoms with Crippen molar-refractivity contribution in [1.82, 2.24) is 9.78 Å². The first-order valence-electron chi connectivity index (χ1n) is 8.67. The van der Waals surface area contributed by atoms with Crippen molar-refractivity contribution in [2.24, 2.45) is 0 Å². The van der Waals surface area contributed by atoms with Crippen LogP contribution in [0.15, 0.2) is 6.20 Å². The minimum absolute atomic E-state index is 0.00484. The Hall–Kier alpha value is -3.28. The lowest BCUT2D eigenvalue weighted by Gasteiger charge is -2.06. The second kappa shape index (κ2) is 9.28. The zero-order valence-electron chi connectivity index (χ0n) is 16.3. The summed E-state index contributed by atoms with van der Waals surface area (Å²) in [5.74, 6) is -2.29. The Balaban J connectivity index is 2.47. The molecule has 0 aliphatic heterocycles. The Kier molecular flexibility index (Phi) is 7.04. The highest BCUT2D eigenvalue weighted by Crippen LogP contribution is 2.35. The Morgan fingerprint density at radius 1 is 1.31 bits per heavy atom. The molecule has 0 bridgehead atoms. The van der Waals surface area contributed by atoms with E-state index in [-0.39, 0.29) is 27.6 Å². The molecule has 2 rings (SSSR count). The Morgan fingerprint density at radius 3 is 2.55 bits per heavy atom. The molecule has 2 aromatic rings. The summed E-state index contributed by atoms with van der Waals surface area (Å²) < 4.78 is 11.1. The molecule has 0 saturated heterocycles. The molecule has 1 N–H and O–H groups in total. The van der Waals surface area contributed by atoms with E-state index >= 15 is 0 Å². The van der Waals surface area contributed by atoms with E-state index in [0.29, 0.717) is 13.0 Å². The van der Waals surface area contributed by atoms with Crippen molar-refractivity contribution in [2.75, 3.05) is 19.0 Å². The Morgan fingerprint density at radius 2 is 2.00 bits per heavy atom. The van der Waals surface area contributed by atoms with Crippen molar-refractivity contribution in [3.8, 4) is 0 Å². The van der Waals surface area contributed by atoms with Gasteiger partial charge >= 0.3 is 17.6 Å². The summed E-state index contributed by atoms with van der Waals surface area (Å²) in [5.41, 5.74) is -0.599. The van der Waals surface area contributed by atoms with Crippen LogP contribution in [0.3, 0.4) is 0 Å². The van der Waals surface area contributed by atoms with Crippen LogP contribution in [0.4, 0.5) is 10.7 Å². The van der Waals surface area contributed by atoms with Gasteiger partial charge in [-0.3, -0.25) is 19.6 Å². The van der Waals surface area contributed by atoms with Crippen LogP contribution in [-0.4, -0.2) is 46.3 Å². The molecule has 29 heavy (non-hydrogen) atoms. The first-order chi connectivity index (χ1) is 13.7. The number of hydrogen-bond donors (Lipinski definition) is 1. The number of rotatable bonds is 8. The van der Waals surface area contributed by atoms with Gasteiger partial charge in [0.2, 0.25) is 5.69 Å². The fourth-order valence-corrected chi connectivity index (χ4v) is 3.54. The summed E-state index contributed by atoms with van der Waals surface area (Å²) in [6.45, 7) is 5.54. The van der Waals surface area contributed by atoms with Crippen LogP contribution >= 0.6 is 11.3 Å². The van der Waals surface area contributed by atoms with Gasteiger partial charge in [0.15, 0.2) is 0 Å². The molecule has 0 saturated carbocycles. The number of aryl methyl sites for hydroxylation is 1. The number of esters is 2. The second-order valence-corrected chi connectivity index (χ2v) is 6.84. The third-order valence-electron chi connectivity index (χ3n) is 3.86. The van der Waals surface area contributed by atoms with Crippen LogP contribution in [0.25, 0.3) is 0 Å². The van der Waals surface area contributed by atoms with E-state index in [0.717, 1.165) is 17.5 Å². The maximum Gasteiger partial charge on any atom is 0.348 e. The van der Waals surface area contributed by atoms with E-state index in [4.69, 9.17) is 9.47 Å². The minimum Gasteiger partial charge on any atom is -0.465 e. The first kappa shape index (κ1) is 22.0. The average Bonchev–Trinajstić information content (AvgIpc) is 3.27. The van der Waals surface area contributed by atoms with Crippen molar-refractivity contribution in [3.63, 3.8) is 0 Å². The predicted octanol–water partition coefficient (Wildman–Crippen LogP) is 2.79. The van der Waals surface area contributed by atoms with Gasteiger partial charge in [0.25, 0.3) is 5.91 Å². The number of hydrogen-bond acceptors (Lipinski definition) is 9. The molecular formula is C17H20N4O7S. The van der Waals surface area contributed by atoms with Crippen LogP contribution < -0.4 is 5.32 Å². The number of anilines is 1. The molecule has 0 aliphatic rings. The Bertz CT molecular complexity index is 963. The van der Waals surface area contributed by atoms with Gasteiger partial charge in [-0.05, 0) is 25.8 Å². The van der Waals surface area contributed by atoms with E-state index in [2.05, 4.69) is 10.4 Å². The van der Waals surface area contributed by atoms with Gasteiger partial charge in [0.05, 0.1) is 24.2 Å². The molecule has 0 fully saturated rings. The highest BCUT2D eigenvalue weighted by atomic mass is 32.1. The summed E-state index contributed by atoms with van der Waals surface area (Å²) in [6.07, 6.45) is 1.73. The third-order valence-corrected chi connectivity index (χ3v) is 5.05. The first-order valence-corrected chi connectivity index (χ1v) is 9.48. The predicted molar refractivity (Wildman–Crippen MR) is 103 cm³/mol. The van der Waals surface area contributed by atoms with Crippen LogP contribution in [-0.2, 0) is 16.0 Å². The SMILES string of the molecule is CCCOC(=O)c1c(NC(=O)c2nn(CC)cc2[N+](=O)[O-])sc(C(=O)OC)c1C. The van der Waals surface area contributed by atoms with E-state index in [9.17, 15) is 24.5 Å². The highest BCUT2D eigenvalue weighted by Gasteiger charge is 2.30. The van der Waals surface area contributed by atoms with E-state index in [1.165, 1.54) is 18.7 Å². The molecule has 0 aromatic carbocycles. The molecule has 0 spiro atoms. The van der Waals surface area contributed by atoms with Crippen molar-refractivity contribution in [2.45, 2.75) is 33.7 Å². The normalized spacial score (nSPS) is 10.5. The Labute approximate surface area is 169 Å². The van der Waals surface area contributed by atoms with E-state index in [1.807, 2.05) is 6.92 Å². The molecule has 1 amide bonds. The fraction of sp³-hybridized carbons (Fsp3) is 0.412. The molecule has 0 atom stereocenters. The van der Waals surface area contributed by atoms with Crippen LogP contribution in [0.2, 0.25) is 0 Å². The minimum atomic E-state index is -0.883. The van der Waals surface area contributed by atoms with Gasteiger partial charge in [0.1, 0.15) is 16.1 Å². The molecule has 0 radical (unpaired) electrons. The van der Waals surface area contributed by atoms with Crippen molar-refractivity contribution in [1.29, 1.82) is 0 Å². The maximum atomic E-state index is 12.7. The smallest absolute Gasteiger partial charge is 0.348 e. The van der Waals surface area contributed by atoms with Crippen molar-refractivity contribution < 1.29 is 28.8 Å². The molecule has 2 heterocycles. The number of carbonyl (C=O) groups excluding carboxylic acids is 3. The molecule has 2 aromatic heterocycles. The monoisotopic (exact) mass is 424 g/mol. The third kappa shape index (κ3) is 4.59. The number of aromatic nitrogens is 2. The van der Waals surface area contributed by atoms with Crippen molar-refractivity contribution >= 4 is 39.9 Å². The zero-order chi connectivity index (χ0) is 21.7. The topological polar surface area (TPSA) is 143 Å². The number of nitro groups is 1. The second-order valence-electron chi connectivity index (χ2n) is 5.82. The lowest BCUT2D eigenvalue weighted by Crippen LogP contribution is -2.17. The highest BCUT2D eigenvalue weighted by molar-refractivity contribution is 7.18. The largest absolute Gasteiger partial charge is 0.465 e. The van der Waals surface area contributed by atoms with Crippen molar-refractivity contribution in [3.05, 3.63) is 38.0 Å². The maximum absolute atomic E-state index is 12.7. The zero-order valence-corrected chi connectivity index (χ0v) is 17.1. The lowest BCUT2D eigenvalue weighted by atomic mass is 10.1. The molecule has 156 valence electrons. The summed E-state index contributed by atoms with van der Waals surface area (Å²) >= 11 is 0.819. The molecular weight excluding hydrogens is 404 g/mol. The van der Waals surface area contributed by atoms with Gasteiger partial charge < -0.3 is 14.8 Å². The number of nitrogens with one attached hydrogen (secondary N) is 1. The van der Waals surface area contributed by atoms with Crippen LogP contribution in [0, 0.1) is 17.0 Å². The fourth-order valence-electron chi connectivity index (χ4n) is 2.43. The lowest BCUT2D eigenvalue weighted by molar-refractivity contribution is -0.385. The van der Waals surface area contributed by atoms with E-state index < -0.39 is 34.2 Å². The molecule has 0 aliphatic carbocycles. The van der Waals surface area contributed by atoms with Gasteiger partial charge in [-0.2, -0.15) is 5.10 Å². The summed E-state index contributed by atoms with van der Waals surface area (Å²) in [7, 11) is 1.19. The van der Waals surface area contributed by atoms with Gasteiger partial charge in [-0.1, -0.05) is 6.92 Å². The summed E-state index contributed by atoms with van der Waals surface area (Å²) in [6, 6.07) is 0. The number of nitrogens with zero attached hydrogens (tertiary/aromatic N) is 3. The summed E-state index contributed by atoms with van der Waals surface area (Å²) in [4.78, 5) is 47.7. The van der Waals surface area contributed by atoms with Gasteiger partial charge in [-0.25, -0.2) is 9.59 Å². The molecule has 11 nitrogen and oxygen atoms in total. The summed E-state index contributed by atoms with van der Waals surface area (Å²) in [5, 5.41) is 17.6. The quantitative estimate of drug-likeness (QED) is 0.387. The van der Waals surface area contributed by atoms with Gasteiger partial charge in [0, 0.05) is 6.54 Å². The number of ether oxygens (including phenoxy) is 2. The molecule has 12 heteroatoms. The standard InChI is InChI=1S/C17H20N4O7S/c1-5-7-28-16(23)11-9(3)13(17(24)27-4)29-15(11)18-14(22)12-10(21(25)26)8-20(6-2)19-12/h8H,5-7H2,1-4H3,(H,18,22). The number of amides is 1. The van der Waals surface area contributed by atoms with Gasteiger partial charge in [-0.15, -0.1) is 11.3 Å². The number of thiophene rings is 1. The van der Waals surface area contributed by atoms with E-state index in [1.54, 1.807) is 6.92 Å².